The molecule has 0 saturated heterocycles. The van der Waals surface area contributed by atoms with Gasteiger partial charge in [0.05, 0.1) is 33.5 Å². The minimum atomic E-state index is 0.531. The molecular formula is C61H39N7. The van der Waals surface area contributed by atoms with Gasteiger partial charge in [-0.3, -0.25) is 4.57 Å². The fourth-order valence-corrected chi connectivity index (χ4v) is 9.70. The number of fused-ring (bicyclic) bond motifs is 7. The third-order valence-corrected chi connectivity index (χ3v) is 12.8. The maximum absolute atomic E-state index is 5.46. The molecule has 4 aromatic heterocycles. The molecule has 0 aliphatic rings. The first-order valence-corrected chi connectivity index (χ1v) is 22.8. The summed E-state index contributed by atoms with van der Waals surface area (Å²) in [6.45, 7) is 0. The quantitative estimate of drug-likeness (QED) is 0.152. The van der Waals surface area contributed by atoms with Crippen molar-refractivity contribution in [3.63, 3.8) is 0 Å². The Balaban J connectivity index is 1.09. The summed E-state index contributed by atoms with van der Waals surface area (Å²) >= 11 is 0. The third-order valence-electron chi connectivity index (χ3n) is 12.8. The summed E-state index contributed by atoms with van der Waals surface area (Å²) < 4.78 is 4.64. The van der Waals surface area contributed by atoms with Gasteiger partial charge in [0.15, 0.2) is 17.5 Å². The molecule has 0 N–H and O–H groups in total. The van der Waals surface area contributed by atoms with Crippen molar-refractivity contribution in [1.82, 2.24) is 34.1 Å². The number of aromatic nitrogens is 7. The first-order chi connectivity index (χ1) is 33.7. The van der Waals surface area contributed by atoms with E-state index in [0.29, 0.717) is 23.4 Å². The number of benzene rings is 9. The highest BCUT2D eigenvalue weighted by Crippen LogP contribution is 2.42. The van der Waals surface area contributed by atoms with Gasteiger partial charge in [-0.15, -0.1) is 0 Å². The molecular weight excluding hydrogens is 831 g/mol. The maximum Gasteiger partial charge on any atom is 0.238 e. The van der Waals surface area contributed by atoms with Crippen LogP contribution in [0.25, 0.3) is 123 Å². The van der Waals surface area contributed by atoms with Crippen LogP contribution in [0.15, 0.2) is 237 Å². The molecule has 7 heteroatoms. The van der Waals surface area contributed by atoms with Gasteiger partial charge in [-0.25, -0.2) is 15.0 Å². The van der Waals surface area contributed by atoms with Crippen molar-refractivity contribution >= 4 is 43.6 Å². The number of para-hydroxylation sites is 2. The number of nitrogens with zero attached hydrogens (tertiary/aromatic N) is 7. The molecule has 13 aromatic rings. The van der Waals surface area contributed by atoms with Crippen molar-refractivity contribution in [2.24, 2.45) is 0 Å². The zero-order valence-electron chi connectivity index (χ0n) is 36.6. The number of hydrogen-bond acceptors (Lipinski definition) is 5. The molecule has 4 heterocycles. The molecule has 318 valence electrons. The summed E-state index contributed by atoms with van der Waals surface area (Å²) in [5, 5.41) is 4.46. The van der Waals surface area contributed by atoms with Crippen molar-refractivity contribution < 1.29 is 0 Å². The molecule has 0 aliphatic carbocycles. The van der Waals surface area contributed by atoms with Crippen LogP contribution < -0.4 is 0 Å². The highest BCUT2D eigenvalue weighted by atomic mass is 15.2. The lowest BCUT2D eigenvalue weighted by molar-refractivity contribution is 0.953. The third kappa shape index (κ3) is 6.64. The molecule has 0 atom stereocenters. The fraction of sp³-hybridized carbons (Fsp3) is 0. The van der Waals surface area contributed by atoms with Gasteiger partial charge >= 0.3 is 0 Å². The van der Waals surface area contributed by atoms with Crippen LogP contribution in [-0.4, -0.2) is 34.1 Å². The second-order valence-corrected chi connectivity index (χ2v) is 16.9. The van der Waals surface area contributed by atoms with Crippen LogP contribution in [0.5, 0.6) is 0 Å². The molecule has 9 aromatic carbocycles. The summed E-state index contributed by atoms with van der Waals surface area (Å²) in [7, 11) is 0. The molecule has 0 unspecified atom stereocenters. The molecule has 0 bridgehead atoms. The summed E-state index contributed by atoms with van der Waals surface area (Å²) in [5.74, 6) is 2.39. The summed E-state index contributed by atoms with van der Waals surface area (Å²) in [5.41, 5.74) is 13.7. The van der Waals surface area contributed by atoms with Gasteiger partial charge in [-0.05, 0) is 41.5 Å². The molecule has 0 aliphatic heterocycles. The Morgan fingerprint density at radius 1 is 0.265 bits per heavy atom. The van der Waals surface area contributed by atoms with Gasteiger partial charge in [-0.1, -0.05) is 206 Å². The van der Waals surface area contributed by atoms with E-state index < -0.39 is 0 Å². The molecule has 7 nitrogen and oxygen atoms in total. The largest absolute Gasteiger partial charge is 0.307 e. The van der Waals surface area contributed by atoms with E-state index in [1.807, 2.05) is 60.7 Å². The number of rotatable bonds is 8. The normalized spacial score (nSPS) is 11.5. The zero-order valence-corrected chi connectivity index (χ0v) is 36.6. The van der Waals surface area contributed by atoms with Gasteiger partial charge < -0.3 is 4.57 Å². The van der Waals surface area contributed by atoms with Crippen molar-refractivity contribution in [3.05, 3.63) is 237 Å². The van der Waals surface area contributed by atoms with Gasteiger partial charge in [0.2, 0.25) is 5.95 Å². The summed E-state index contributed by atoms with van der Waals surface area (Å²) in [6, 6.07) is 82.1. The van der Waals surface area contributed by atoms with E-state index >= 15 is 0 Å². The van der Waals surface area contributed by atoms with E-state index in [9.17, 15) is 0 Å². The average molecular weight is 870 g/mol. The topological polar surface area (TPSA) is 74.3 Å². The smallest absolute Gasteiger partial charge is 0.238 e. The second kappa shape index (κ2) is 16.3. The van der Waals surface area contributed by atoms with Crippen LogP contribution in [0.4, 0.5) is 0 Å². The van der Waals surface area contributed by atoms with Gasteiger partial charge in [0.1, 0.15) is 0 Å². The monoisotopic (exact) mass is 869 g/mol. The highest BCUT2D eigenvalue weighted by molar-refractivity contribution is 6.23. The van der Waals surface area contributed by atoms with Crippen LogP contribution in [0, 0.1) is 0 Å². The fourth-order valence-electron chi connectivity index (χ4n) is 9.70. The van der Waals surface area contributed by atoms with Gasteiger partial charge in [0, 0.05) is 55.0 Å². The zero-order chi connectivity index (χ0) is 45.0. The summed E-state index contributed by atoms with van der Waals surface area (Å²) in [6.07, 6.45) is 0. The molecule has 0 saturated carbocycles. The van der Waals surface area contributed by atoms with Crippen LogP contribution in [0.3, 0.4) is 0 Å². The molecule has 0 amide bonds. The van der Waals surface area contributed by atoms with Gasteiger partial charge in [-0.2, -0.15) is 9.97 Å². The van der Waals surface area contributed by atoms with Crippen LogP contribution in [0.1, 0.15) is 0 Å². The number of hydrogen-bond donors (Lipinski definition) is 0. The maximum atomic E-state index is 5.46. The minimum absolute atomic E-state index is 0.531. The van der Waals surface area contributed by atoms with Crippen molar-refractivity contribution in [3.8, 4) is 79.4 Å². The van der Waals surface area contributed by atoms with E-state index in [1.54, 1.807) is 0 Å². The second-order valence-electron chi connectivity index (χ2n) is 16.9. The molecule has 0 fully saturated rings. The summed E-state index contributed by atoms with van der Waals surface area (Å²) in [4.78, 5) is 26.4. The van der Waals surface area contributed by atoms with E-state index in [4.69, 9.17) is 24.9 Å². The van der Waals surface area contributed by atoms with Crippen molar-refractivity contribution in [2.45, 2.75) is 0 Å². The highest BCUT2D eigenvalue weighted by Gasteiger charge is 2.24. The lowest BCUT2D eigenvalue weighted by Gasteiger charge is -2.15. The molecule has 0 radical (unpaired) electrons. The standard InChI is InChI=1S/C61H39N7/c1-5-20-40(21-6-1)46-30-13-14-33-51(46)60-64-59(43-26-11-4-12-27-43)65-61(66-60)68-55-35-18-16-32-48(55)50-37-36-49-47-31-15-17-34-54(47)67(56(49)57(50)68)45-29-19-28-44(38-45)53-39-52(41-22-7-2-8-23-41)62-58(63-53)42-24-9-3-10-25-42/h1-39H. The molecule has 0 spiro atoms. The Morgan fingerprint density at radius 2 is 0.721 bits per heavy atom. The van der Waals surface area contributed by atoms with Gasteiger partial charge in [0.25, 0.3) is 0 Å². The van der Waals surface area contributed by atoms with Crippen LogP contribution in [0.2, 0.25) is 0 Å². The van der Waals surface area contributed by atoms with E-state index in [-0.39, 0.29) is 0 Å². The predicted octanol–water partition coefficient (Wildman–Crippen LogP) is 14.9. The Bertz CT molecular complexity index is 3950. The molecule has 68 heavy (non-hydrogen) atoms. The Kier molecular flexibility index (Phi) is 9.35. The lowest BCUT2D eigenvalue weighted by atomic mass is 9.99. The lowest BCUT2D eigenvalue weighted by Crippen LogP contribution is -2.07. The SMILES string of the molecule is c1ccc(-c2cc(-c3cccc(-n4c5ccccc5c5ccc6c7ccccc7n(-c7nc(-c8ccccc8)nc(-c8ccccc8-c8ccccc8)n7)c6c54)c3)nc(-c3ccccc3)n2)cc1. The van der Waals surface area contributed by atoms with E-state index in [2.05, 4.69) is 185 Å². The first-order valence-electron chi connectivity index (χ1n) is 22.8. The van der Waals surface area contributed by atoms with Crippen molar-refractivity contribution in [2.75, 3.05) is 0 Å². The Hall–Kier alpha value is -9.33. The van der Waals surface area contributed by atoms with Crippen LogP contribution >= 0.6 is 0 Å². The average Bonchev–Trinajstić information content (AvgIpc) is 3.95. The van der Waals surface area contributed by atoms with E-state index in [0.717, 1.165) is 99.6 Å². The Labute approximate surface area is 392 Å². The molecule has 13 rings (SSSR count). The van der Waals surface area contributed by atoms with Crippen LogP contribution in [-0.2, 0) is 0 Å². The van der Waals surface area contributed by atoms with E-state index in [1.165, 1.54) is 0 Å². The Morgan fingerprint density at radius 3 is 1.35 bits per heavy atom. The first kappa shape index (κ1) is 39.1. The minimum Gasteiger partial charge on any atom is -0.307 e. The van der Waals surface area contributed by atoms with Crippen molar-refractivity contribution in [1.29, 1.82) is 0 Å². The predicted molar refractivity (Wildman–Crippen MR) is 277 cm³/mol.